The Bertz CT molecular complexity index is 776. The standard InChI is InChI=1S/C21H19NO/c1-23-20-14-12-18(13-15-20)21(17-8-4-2-5-9-17)16-22-19-10-6-3-7-11-19/h2,4-6,8-15H,3,7H2,1H3. The van der Waals surface area contributed by atoms with Gasteiger partial charge in [-0.2, -0.15) is 0 Å². The molecule has 0 aromatic heterocycles. The first-order valence-electron chi connectivity index (χ1n) is 7.77. The number of hydrogen-bond acceptors (Lipinski definition) is 2. The van der Waals surface area contributed by atoms with Gasteiger partial charge in [-0.3, -0.25) is 0 Å². The van der Waals surface area contributed by atoms with Gasteiger partial charge in [-0.25, -0.2) is 4.99 Å². The van der Waals surface area contributed by atoms with E-state index in [1.807, 2.05) is 48.5 Å². The molecule has 0 fully saturated rings. The zero-order valence-corrected chi connectivity index (χ0v) is 13.2. The summed E-state index contributed by atoms with van der Waals surface area (Å²) in [5, 5.41) is 0. The Kier molecular flexibility index (Phi) is 4.88. The number of aliphatic imine (C=N–C) groups is 1. The molecule has 2 aromatic rings. The maximum Gasteiger partial charge on any atom is 0.118 e. The van der Waals surface area contributed by atoms with Crippen molar-refractivity contribution in [2.24, 2.45) is 4.99 Å². The van der Waals surface area contributed by atoms with E-state index in [0.29, 0.717) is 0 Å². The predicted octanol–water partition coefficient (Wildman–Crippen LogP) is 5.03. The van der Waals surface area contributed by atoms with Crippen molar-refractivity contribution in [2.75, 3.05) is 7.11 Å². The minimum absolute atomic E-state index is 0.844. The van der Waals surface area contributed by atoms with Gasteiger partial charge < -0.3 is 4.74 Å². The Morgan fingerprint density at radius 1 is 0.957 bits per heavy atom. The third-order valence-corrected chi connectivity index (χ3v) is 3.71. The van der Waals surface area contributed by atoms with E-state index in [1.54, 1.807) is 7.11 Å². The van der Waals surface area contributed by atoms with E-state index in [9.17, 15) is 0 Å². The third-order valence-electron chi connectivity index (χ3n) is 3.71. The summed E-state index contributed by atoms with van der Waals surface area (Å²) < 4.78 is 5.24. The van der Waals surface area contributed by atoms with E-state index in [4.69, 9.17) is 4.74 Å². The van der Waals surface area contributed by atoms with Crippen molar-refractivity contribution in [1.29, 1.82) is 0 Å². The van der Waals surface area contributed by atoms with Crippen LogP contribution in [0.4, 0.5) is 0 Å². The molecule has 114 valence electrons. The van der Waals surface area contributed by atoms with Crippen LogP contribution in [-0.4, -0.2) is 13.0 Å². The Morgan fingerprint density at radius 2 is 1.70 bits per heavy atom. The monoisotopic (exact) mass is 301 g/mol. The Hall–Kier alpha value is -2.83. The number of nitrogens with zero attached hydrogens (tertiary/aromatic N) is 1. The topological polar surface area (TPSA) is 21.6 Å². The fourth-order valence-corrected chi connectivity index (χ4v) is 2.46. The summed E-state index contributed by atoms with van der Waals surface area (Å²) in [5.41, 5.74) is 4.12. The van der Waals surface area contributed by atoms with Crippen molar-refractivity contribution in [2.45, 2.75) is 12.8 Å². The highest BCUT2D eigenvalue weighted by Crippen LogP contribution is 2.23. The molecule has 0 radical (unpaired) electrons. The molecule has 0 spiro atoms. The second-order valence-corrected chi connectivity index (χ2v) is 5.30. The highest BCUT2D eigenvalue weighted by Gasteiger charge is 2.05. The normalized spacial score (nSPS) is 13.0. The van der Waals surface area contributed by atoms with Crippen molar-refractivity contribution in [1.82, 2.24) is 0 Å². The molecule has 1 aliphatic rings. The minimum atomic E-state index is 0.844. The molecule has 0 saturated carbocycles. The van der Waals surface area contributed by atoms with Gasteiger partial charge in [-0.15, -0.1) is 0 Å². The van der Waals surface area contributed by atoms with Crippen LogP contribution >= 0.6 is 0 Å². The van der Waals surface area contributed by atoms with Gasteiger partial charge >= 0.3 is 0 Å². The van der Waals surface area contributed by atoms with Gasteiger partial charge in [0.2, 0.25) is 0 Å². The van der Waals surface area contributed by atoms with E-state index in [2.05, 4.69) is 35.1 Å². The molecule has 0 heterocycles. The summed E-state index contributed by atoms with van der Waals surface area (Å²) in [6, 6.07) is 18.2. The molecule has 0 N–H and O–H groups in total. The summed E-state index contributed by atoms with van der Waals surface area (Å²) in [6.07, 6.45) is 8.47. The Morgan fingerprint density at radius 3 is 2.35 bits per heavy atom. The van der Waals surface area contributed by atoms with Crippen LogP contribution in [0.25, 0.3) is 5.57 Å². The highest BCUT2D eigenvalue weighted by atomic mass is 16.5. The lowest BCUT2D eigenvalue weighted by molar-refractivity contribution is 0.415. The Labute approximate surface area is 137 Å². The first kappa shape index (κ1) is 15.1. The van der Waals surface area contributed by atoms with Crippen LogP contribution in [0, 0.1) is 0 Å². The first-order chi connectivity index (χ1) is 11.4. The van der Waals surface area contributed by atoms with E-state index >= 15 is 0 Å². The Balaban J connectivity index is 2.04. The fourth-order valence-electron chi connectivity index (χ4n) is 2.46. The molecule has 23 heavy (non-hydrogen) atoms. The van der Waals surface area contributed by atoms with Crippen LogP contribution in [0.2, 0.25) is 0 Å². The lowest BCUT2D eigenvalue weighted by Gasteiger charge is -2.07. The number of allylic oxidation sites excluding steroid dienone is 3. The van der Waals surface area contributed by atoms with Crippen LogP contribution in [0.15, 0.2) is 83.5 Å². The molecule has 0 saturated heterocycles. The van der Waals surface area contributed by atoms with Crippen molar-refractivity contribution in [3.63, 3.8) is 0 Å². The molecule has 1 aliphatic carbocycles. The number of ether oxygens (including phenoxy) is 1. The molecular weight excluding hydrogens is 282 g/mol. The van der Waals surface area contributed by atoms with Gasteiger partial charge in [0.15, 0.2) is 0 Å². The minimum Gasteiger partial charge on any atom is -0.497 e. The summed E-state index contributed by atoms with van der Waals surface area (Å²) in [6.45, 7) is 0. The first-order valence-corrected chi connectivity index (χ1v) is 7.77. The molecule has 0 atom stereocenters. The number of methoxy groups -OCH3 is 1. The number of rotatable bonds is 4. The lowest BCUT2D eigenvalue weighted by Crippen LogP contribution is -1.90. The van der Waals surface area contributed by atoms with Gasteiger partial charge in [0.05, 0.1) is 18.4 Å². The van der Waals surface area contributed by atoms with Crippen LogP contribution in [-0.2, 0) is 0 Å². The van der Waals surface area contributed by atoms with Gasteiger partial charge in [-0.1, -0.05) is 42.5 Å². The molecule has 3 rings (SSSR count). The average Bonchev–Trinajstić information content (AvgIpc) is 2.64. The molecule has 2 heteroatoms. The largest absolute Gasteiger partial charge is 0.497 e. The van der Waals surface area contributed by atoms with Crippen LogP contribution in [0.3, 0.4) is 0 Å². The summed E-state index contributed by atoms with van der Waals surface area (Å²) in [5.74, 6) is 4.08. The van der Waals surface area contributed by atoms with Gasteiger partial charge in [0.1, 0.15) is 5.75 Å². The van der Waals surface area contributed by atoms with Crippen molar-refractivity contribution < 1.29 is 4.74 Å². The van der Waals surface area contributed by atoms with Crippen LogP contribution < -0.4 is 4.74 Å². The summed E-state index contributed by atoms with van der Waals surface area (Å²) in [7, 11) is 1.67. The second kappa shape index (κ2) is 7.44. The SMILES string of the molecule is COc1ccc(C(=C=NC2=CCCC=C2)c2ccccc2)cc1. The lowest BCUT2D eigenvalue weighted by atomic mass is 9.99. The van der Waals surface area contributed by atoms with E-state index < -0.39 is 0 Å². The van der Waals surface area contributed by atoms with Gasteiger partial charge in [-0.05, 0) is 60.2 Å². The molecule has 0 bridgehead atoms. The van der Waals surface area contributed by atoms with E-state index in [-0.39, 0.29) is 0 Å². The molecule has 0 amide bonds. The number of benzene rings is 2. The number of hydrogen-bond donors (Lipinski definition) is 0. The second-order valence-electron chi connectivity index (χ2n) is 5.30. The van der Waals surface area contributed by atoms with Crippen molar-refractivity contribution >= 4 is 11.4 Å². The fraction of sp³-hybridized carbons (Fsp3) is 0.143. The maximum absolute atomic E-state index is 5.24. The molecule has 0 aliphatic heterocycles. The summed E-state index contributed by atoms with van der Waals surface area (Å²) >= 11 is 0. The van der Waals surface area contributed by atoms with E-state index in [1.165, 1.54) is 0 Å². The van der Waals surface area contributed by atoms with Crippen molar-refractivity contribution in [3.8, 4) is 5.75 Å². The maximum atomic E-state index is 5.24. The van der Waals surface area contributed by atoms with Crippen LogP contribution in [0.1, 0.15) is 24.0 Å². The smallest absolute Gasteiger partial charge is 0.118 e. The summed E-state index contributed by atoms with van der Waals surface area (Å²) in [4.78, 5) is 4.53. The molecule has 2 nitrogen and oxygen atoms in total. The predicted molar refractivity (Wildman–Crippen MR) is 95.8 cm³/mol. The molecule has 0 unspecified atom stereocenters. The third kappa shape index (κ3) is 3.88. The van der Waals surface area contributed by atoms with Crippen molar-refractivity contribution in [3.05, 3.63) is 89.6 Å². The quantitative estimate of drug-likeness (QED) is 0.726. The average molecular weight is 301 g/mol. The van der Waals surface area contributed by atoms with Crippen LogP contribution in [0.5, 0.6) is 5.75 Å². The zero-order chi connectivity index (χ0) is 15.9. The van der Waals surface area contributed by atoms with Gasteiger partial charge in [0, 0.05) is 0 Å². The molecule has 2 aromatic carbocycles. The van der Waals surface area contributed by atoms with Gasteiger partial charge in [0.25, 0.3) is 0 Å². The zero-order valence-electron chi connectivity index (χ0n) is 13.2. The molecular formula is C21H19NO. The van der Waals surface area contributed by atoms with E-state index in [0.717, 1.165) is 41.0 Å². The highest BCUT2D eigenvalue weighted by molar-refractivity contribution is 5.99.